The van der Waals surface area contributed by atoms with Crippen molar-refractivity contribution < 1.29 is 4.74 Å². The minimum Gasteiger partial charge on any atom is -0.377 e. The third-order valence-corrected chi connectivity index (χ3v) is 5.18. The number of nitrogens with zero attached hydrogens (tertiary/aromatic N) is 1. The van der Waals surface area contributed by atoms with Crippen LogP contribution in [0, 0.1) is 11.3 Å². The molecule has 0 aromatic heterocycles. The van der Waals surface area contributed by atoms with Gasteiger partial charge in [0.25, 0.3) is 0 Å². The van der Waals surface area contributed by atoms with Crippen LogP contribution in [0.3, 0.4) is 0 Å². The number of hydrogen-bond acceptors (Lipinski definition) is 3. The average molecular weight is 268 g/mol. The Morgan fingerprint density at radius 1 is 1.21 bits per heavy atom. The summed E-state index contributed by atoms with van der Waals surface area (Å²) >= 11 is 0. The van der Waals surface area contributed by atoms with Gasteiger partial charge in [-0.2, -0.15) is 0 Å². The van der Waals surface area contributed by atoms with Gasteiger partial charge in [-0.15, -0.1) is 0 Å². The summed E-state index contributed by atoms with van der Waals surface area (Å²) in [5.41, 5.74) is 6.78. The average Bonchev–Trinajstić information content (AvgIpc) is 2.80. The van der Waals surface area contributed by atoms with Crippen LogP contribution in [0.2, 0.25) is 0 Å². The van der Waals surface area contributed by atoms with E-state index in [-0.39, 0.29) is 0 Å². The molecule has 2 N–H and O–H groups in total. The quantitative estimate of drug-likeness (QED) is 0.855. The van der Waals surface area contributed by atoms with Crippen molar-refractivity contribution >= 4 is 0 Å². The van der Waals surface area contributed by atoms with Crippen LogP contribution in [0.1, 0.15) is 52.9 Å². The lowest BCUT2D eigenvalue weighted by atomic mass is 9.69. The second kappa shape index (κ2) is 6.11. The van der Waals surface area contributed by atoms with Gasteiger partial charge in [-0.1, -0.05) is 20.8 Å². The first-order valence-electron chi connectivity index (χ1n) is 7.95. The zero-order valence-electron chi connectivity index (χ0n) is 13.2. The molecule has 3 nitrogen and oxygen atoms in total. The number of nitrogens with two attached hydrogens (primary N) is 1. The molecule has 2 aliphatic rings. The van der Waals surface area contributed by atoms with Crippen LogP contribution in [0.25, 0.3) is 0 Å². The fourth-order valence-electron chi connectivity index (χ4n) is 3.71. The minimum atomic E-state index is 0.338. The number of rotatable bonds is 3. The molecule has 0 radical (unpaired) electrons. The van der Waals surface area contributed by atoms with Crippen molar-refractivity contribution in [2.75, 3.05) is 20.2 Å². The van der Waals surface area contributed by atoms with Gasteiger partial charge in [0, 0.05) is 25.2 Å². The molecular weight excluding hydrogens is 236 g/mol. The standard InChI is InChI=1S/C16H32N2O/c1-16(2,3)12-7-8-14(17)15(10-12)18(4)11-13-6-5-9-19-13/h12-15H,5-11,17H2,1-4H3. The summed E-state index contributed by atoms with van der Waals surface area (Å²) in [6.45, 7) is 9.10. The fraction of sp³-hybridized carbons (Fsp3) is 1.00. The first-order chi connectivity index (χ1) is 8.88. The summed E-state index contributed by atoms with van der Waals surface area (Å²) in [4.78, 5) is 2.47. The van der Waals surface area contributed by atoms with Gasteiger partial charge in [0.15, 0.2) is 0 Å². The zero-order valence-corrected chi connectivity index (χ0v) is 13.2. The van der Waals surface area contributed by atoms with E-state index in [4.69, 9.17) is 10.5 Å². The topological polar surface area (TPSA) is 38.5 Å². The monoisotopic (exact) mass is 268 g/mol. The van der Waals surface area contributed by atoms with Crippen LogP contribution >= 0.6 is 0 Å². The van der Waals surface area contributed by atoms with Crippen molar-refractivity contribution in [1.29, 1.82) is 0 Å². The third-order valence-electron chi connectivity index (χ3n) is 5.18. The summed E-state index contributed by atoms with van der Waals surface area (Å²) in [7, 11) is 2.23. The van der Waals surface area contributed by atoms with Crippen LogP contribution in [-0.2, 0) is 4.74 Å². The fourth-order valence-corrected chi connectivity index (χ4v) is 3.71. The van der Waals surface area contributed by atoms with Gasteiger partial charge in [0.05, 0.1) is 6.10 Å². The van der Waals surface area contributed by atoms with Crippen molar-refractivity contribution in [3.8, 4) is 0 Å². The number of likely N-dealkylation sites (N-methyl/N-ethyl adjacent to an activating group) is 1. The SMILES string of the molecule is CN(CC1CCCO1)C1CC(C(C)(C)C)CCC1N. The normalized spacial score (nSPS) is 36.9. The highest BCUT2D eigenvalue weighted by Gasteiger charge is 2.36. The van der Waals surface area contributed by atoms with Crippen molar-refractivity contribution in [3.63, 3.8) is 0 Å². The molecule has 0 amide bonds. The molecule has 112 valence electrons. The molecule has 4 atom stereocenters. The summed E-state index contributed by atoms with van der Waals surface area (Å²) in [6.07, 6.45) is 6.58. The molecule has 1 aliphatic heterocycles. The minimum absolute atomic E-state index is 0.338. The van der Waals surface area contributed by atoms with E-state index in [9.17, 15) is 0 Å². The molecule has 2 fully saturated rings. The Morgan fingerprint density at radius 3 is 2.53 bits per heavy atom. The summed E-state index contributed by atoms with van der Waals surface area (Å²) in [6, 6.07) is 0.868. The second-order valence-electron chi connectivity index (χ2n) is 7.68. The van der Waals surface area contributed by atoms with E-state index in [2.05, 4.69) is 32.7 Å². The maximum atomic E-state index is 6.38. The Labute approximate surface area is 118 Å². The Bertz CT molecular complexity index is 281. The molecule has 0 aromatic carbocycles. The molecule has 3 heteroatoms. The van der Waals surface area contributed by atoms with Gasteiger partial charge in [-0.05, 0) is 50.5 Å². The molecular formula is C16H32N2O. The molecule has 1 aliphatic carbocycles. The maximum Gasteiger partial charge on any atom is 0.0702 e. The van der Waals surface area contributed by atoms with Gasteiger partial charge in [0.1, 0.15) is 0 Å². The number of hydrogen-bond donors (Lipinski definition) is 1. The largest absolute Gasteiger partial charge is 0.377 e. The molecule has 4 unspecified atom stereocenters. The molecule has 1 heterocycles. The first-order valence-corrected chi connectivity index (χ1v) is 7.95. The van der Waals surface area contributed by atoms with E-state index in [0.29, 0.717) is 23.6 Å². The third kappa shape index (κ3) is 3.93. The molecule has 1 saturated carbocycles. The van der Waals surface area contributed by atoms with Gasteiger partial charge < -0.3 is 10.5 Å². The zero-order chi connectivity index (χ0) is 14.0. The van der Waals surface area contributed by atoms with Crippen molar-refractivity contribution in [3.05, 3.63) is 0 Å². The Balaban J connectivity index is 1.92. The van der Waals surface area contributed by atoms with E-state index >= 15 is 0 Å². The van der Waals surface area contributed by atoms with Gasteiger partial charge in [0.2, 0.25) is 0 Å². The lowest BCUT2D eigenvalue weighted by Gasteiger charge is -2.44. The molecule has 0 spiro atoms. The first kappa shape index (κ1) is 15.3. The predicted octanol–water partition coefficient (Wildman–Crippen LogP) is 2.64. The van der Waals surface area contributed by atoms with Gasteiger partial charge in [-0.25, -0.2) is 0 Å². The van der Waals surface area contributed by atoms with Crippen molar-refractivity contribution in [2.24, 2.45) is 17.1 Å². The highest BCUT2D eigenvalue weighted by molar-refractivity contribution is 4.92. The smallest absolute Gasteiger partial charge is 0.0702 e. The molecule has 19 heavy (non-hydrogen) atoms. The van der Waals surface area contributed by atoms with E-state index in [1.165, 1.54) is 32.1 Å². The highest BCUT2D eigenvalue weighted by atomic mass is 16.5. The van der Waals surface area contributed by atoms with Crippen LogP contribution in [0.4, 0.5) is 0 Å². The Kier molecular flexibility index (Phi) is 4.91. The van der Waals surface area contributed by atoms with Gasteiger partial charge >= 0.3 is 0 Å². The van der Waals surface area contributed by atoms with Crippen LogP contribution in [0.5, 0.6) is 0 Å². The van der Waals surface area contributed by atoms with Crippen molar-refractivity contribution in [1.82, 2.24) is 4.90 Å². The van der Waals surface area contributed by atoms with E-state index in [1.54, 1.807) is 0 Å². The second-order valence-corrected chi connectivity index (χ2v) is 7.68. The molecule has 0 aromatic rings. The molecule has 1 saturated heterocycles. The highest BCUT2D eigenvalue weighted by Crippen LogP contribution is 2.38. The van der Waals surface area contributed by atoms with E-state index < -0.39 is 0 Å². The molecule has 2 rings (SSSR count). The number of ether oxygens (including phenoxy) is 1. The van der Waals surface area contributed by atoms with E-state index in [0.717, 1.165) is 19.1 Å². The lowest BCUT2D eigenvalue weighted by Crippen LogP contribution is -2.52. The summed E-state index contributed by atoms with van der Waals surface area (Å²) < 4.78 is 5.76. The lowest BCUT2D eigenvalue weighted by molar-refractivity contribution is 0.0360. The maximum absolute atomic E-state index is 6.38. The Hall–Kier alpha value is -0.120. The van der Waals surface area contributed by atoms with Crippen LogP contribution in [0.15, 0.2) is 0 Å². The molecule has 0 bridgehead atoms. The summed E-state index contributed by atoms with van der Waals surface area (Å²) in [5.74, 6) is 0.796. The van der Waals surface area contributed by atoms with Crippen LogP contribution in [-0.4, -0.2) is 43.3 Å². The summed E-state index contributed by atoms with van der Waals surface area (Å²) in [5, 5.41) is 0. The van der Waals surface area contributed by atoms with Gasteiger partial charge in [-0.3, -0.25) is 4.90 Å². The van der Waals surface area contributed by atoms with Crippen LogP contribution < -0.4 is 5.73 Å². The van der Waals surface area contributed by atoms with Crippen molar-refractivity contribution in [2.45, 2.75) is 71.1 Å². The Morgan fingerprint density at radius 2 is 1.95 bits per heavy atom. The predicted molar refractivity (Wildman–Crippen MR) is 80.2 cm³/mol. The van der Waals surface area contributed by atoms with E-state index in [1.807, 2.05) is 0 Å².